The molecule has 0 aliphatic carbocycles. The number of hydrogen-bond acceptors (Lipinski definition) is 2. The lowest BCUT2D eigenvalue weighted by Crippen LogP contribution is -2.67. The molecule has 0 radical (unpaired) electrons. The van der Waals surface area contributed by atoms with Gasteiger partial charge in [0.1, 0.15) is 0 Å². The standard InChI is InChI=1S/C11H22N2O/c1-5-11(6-2)7-12-10(14)9(13-11)8(3)4/h8-9,13H,5-7H2,1-4H3,(H,12,14). The van der Waals surface area contributed by atoms with Crippen LogP contribution in [0.2, 0.25) is 0 Å². The average Bonchev–Trinajstić information content (AvgIpc) is 2.19. The number of rotatable bonds is 3. The van der Waals surface area contributed by atoms with Gasteiger partial charge in [-0.15, -0.1) is 0 Å². The first-order valence-corrected chi connectivity index (χ1v) is 5.60. The van der Waals surface area contributed by atoms with Crippen LogP contribution < -0.4 is 10.6 Å². The van der Waals surface area contributed by atoms with Gasteiger partial charge in [0.05, 0.1) is 6.04 Å². The zero-order valence-electron chi connectivity index (χ0n) is 9.68. The third kappa shape index (κ3) is 2.08. The van der Waals surface area contributed by atoms with Gasteiger partial charge in [-0.05, 0) is 18.8 Å². The fraction of sp³-hybridized carbons (Fsp3) is 0.909. The molecular weight excluding hydrogens is 176 g/mol. The molecule has 0 bridgehead atoms. The Kier molecular flexibility index (Phi) is 3.53. The largest absolute Gasteiger partial charge is 0.353 e. The maximum absolute atomic E-state index is 11.6. The Hall–Kier alpha value is -0.570. The zero-order valence-corrected chi connectivity index (χ0v) is 9.68. The van der Waals surface area contributed by atoms with Crippen molar-refractivity contribution in [3.05, 3.63) is 0 Å². The van der Waals surface area contributed by atoms with Crippen LogP contribution >= 0.6 is 0 Å². The van der Waals surface area contributed by atoms with Crippen LogP contribution in [0.25, 0.3) is 0 Å². The van der Waals surface area contributed by atoms with Crippen molar-refractivity contribution in [1.82, 2.24) is 10.6 Å². The second-order valence-electron chi connectivity index (χ2n) is 4.57. The summed E-state index contributed by atoms with van der Waals surface area (Å²) in [6, 6.07) is -0.0244. The second-order valence-corrected chi connectivity index (χ2v) is 4.57. The van der Waals surface area contributed by atoms with Crippen LogP contribution in [0.3, 0.4) is 0 Å². The molecule has 1 aliphatic rings. The first-order valence-electron chi connectivity index (χ1n) is 5.60. The lowest BCUT2D eigenvalue weighted by atomic mass is 9.86. The SMILES string of the molecule is CCC1(CC)CNC(=O)C(C(C)C)N1. The Balaban J connectivity index is 2.74. The van der Waals surface area contributed by atoms with Crippen molar-refractivity contribution in [3.63, 3.8) is 0 Å². The van der Waals surface area contributed by atoms with Gasteiger partial charge in [0.25, 0.3) is 0 Å². The molecule has 0 aromatic rings. The van der Waals surface area contributed by atoms with E-state index < -0.39 is 0 Å². The van der Waals surface area contributed by atoms with Crippen molar-refractivity contribution in [3.8, 4) is 0 Å². The third-order valence-corrected chi connectivity index (χ3v) is 3.37. The summed E-state index contributed by atoms with van der Waals surface area (Å²) in [7, 11) is 0. The maximum Gasteiger partial charge on any atom is 0.237 e. The monoisotopic (exact) mass is 198 g/mol. The molecule has 3 heteroatoms. The molecule has 0 saturated carbocycles. The topological polar surface area (TPSA) is 41.1 Å². The highest BCUT2D eigenvalue weighted by Gasteiger charge is 2.37. The highest BCUT2D eigenvalue weighted by molar-refractivity contribution is 5.83. The van der Waals surface area contributed by atoms with Crippen LogP contribution in [0, 0.1) is 5.92 Å². The summed E-state index contributed by atoms with van der Waals surface area (Å²) in [5, 5.41) is 6.51. The van der Waals surface area contributed by atoms with Gasteiger partial charge in [-0.3, -0.25) is 10.1 Å². The molecule has 0 spiro atoms. The van der Waals surface area contributed by atoms with Crippen LogP contribution in [-0.2, 0) is 4.79 Å². The van der Waals surface area contributed by atoms with E-state index in [1.807, 2.05) is 0 Å². The van der Waals surface area contributed by atoms with Crippen LogP contribution in [-0.4, -0.2) is 24.0 Å². The van der Waals surface area contributed by atoms with E-state index in [4.69, 9.17) is 0 Å². The molecule has 0 aromatic heterocycles. The van der Waals surface area contributed by atoms with Crippen molar-refractivity contribution >= 4 is 5.91 Å². The van der Waals surface area contributed by atoms with Gasteiger partial charge in [0.15, 0.2) is 0 Å². The van der Waals surface area contributed by atoms with Gasteiger partial charge in [-0.2, -0.15) is 0 Å². The van der Waals surface area contributed by atoms with Crippen molar-refractivity contribution < 1.29 is 4.79 Å². The molecule has 14 heavy (non-hydrogen) atoms. The predicted molar refractivity (Wildman–Crippen MR) is 58.1 cm³/mol. The highest BCUT2D eigenvalue weighted by atomic mass is 16.2. The van der Waals surface area contributed by atoms with E-state index in [9.17, 15) is 4.79 Å². The Bertz CT molecular complexity index is 209. The van der Waals surface area contributed by atoms with E-state index in [-0.39, 0.29) is 17.5 Å². The number of amides is 1. The predicted octanol–water partition coefficient (Wildman–Crippen LogP) is 1.29. The summed E-state index contributed by atoms with van der Waals surface area (Å²) in [6.45, 7) is 9.27. The summed E-state index contributed by atoms with van der Waals surface area (Å²) in [5.41, 5.74) is 0.114. The molecule has 1 heterocycles. The quantitative estimate of drug-likeness (QED) is 0.717. The second kappa shape index (κ2) is 4.30. The van der Waals surface area contributed by atoms with Crippen LogP contribution in [0.4, 0.5) is 0 Å². The lowest BCUT2D eigenvalue weighted by Gasteiger charge is -2.42. The summed E-state index contributed by atoms with van der Waals surface area (Å²) in [6.07, 6.45) is 2.12. The minimum Gasteiger partial charge on any atom is -0.353 e. The smallest absolute Gasteiger partial charge is 0.237 e. The van der Waals surface area contributed by atoms with E-state index in [2.05, 4.69) is 38.3 Å². The highest BCUT2D eigenvalue weighted by Crippen LogP contribution is 2.20. The Labute approximate surface area is 86.6 Å². The first kappa shape index (κ1) is 11.5. The molecule has 1 fully saturated rings. The molecular formula is C11H22N2O. The van der Waals surface area contributed by atoms with Gasteiger partial charge in [0, 0.05) is 12.1 Å². The van der Waals surface area contributed by atoms with Crippen molar-refractivity contribution in [2.75, 3.05) is 6.54 Å². The van der Waals surface area contributed by atoms with E-state index >= 15 is 0 Å². The van der Waals surface area contributed by atoms with Crippen LogP contribution in [0.1, 0.15) is 40.5 Å². The van der Waals surface area contributed by atoms with Crippen molar-refractivity contribution in [1.29, 1.82) is 0 Å². The Morgan fingerprint density at radius 1 is 1.43 bits per heavy atom. The first-order chi connectivity index (χ1) is 6.54. The number of hydrogen-bond donors (Lipinski definition) is 2. The molecule has 1 atom stereocenters. The Morgan fingerprint density at radius 3 is 2.43 bits per heavy atom. The number of piperazine rings is 1. The van der Waals surface area contributed by atoms with E-state index in [0.717, 1.165) is 19.4 Å². The molecule has 1 saturated heterocycles. The number of carbonyl (C=O) groups excluding carboxylic acids is 1. The summed E-state index contributed by atoms with van der Waals surface area (Å²) < 4.78 is 0. The molecule has 1 rings (SSSR count). The number of carbonyl (C=O) groups is 1. The average molecular weight is 198 g/mol. The van der Waals surface area contributed by atoms with Crippen molar-refractivity contribution in [2.24, 2.45) is 5.92 Å². The van der Waals surface area contributed by atoms with E-state index in [0.29, 0.717) is 5.92 Å². The van der Waals surface area contributed by atoms with Crippen LogP contribution in [0.5, 0.6) is 0 Å². The van der Waals surface area contributed by atoms with Crippen LogP contribution in [0.15, 0.2) is 0 Å². The molecule has 0 aromatic carbocycles. The fourth-order valence-electron chi connectivity index (χ4n) is 1.99. The summed E-state index contributed by atoms with van der Waals surface area (Å²) in [5.74, 6) is 0.505. The normalized spacial score (nSPS) is 26.4. The van der Waals surface area contributed by atoms with Crippen molar-refractivity contribution in [2.45, 2.75) is 52.1 Å². The Morgan fingerprint density at radius 2 is 2.00 bits per heavy atom. The van der Waals surface area contributed by atoms with Gasteiger partial charge >= 0.3 is 0 Å². The third-order valence-electron chi connectivity index (χ3n) is 3.37. The molecule has 1 amide bonds. The summed E-state index contributed by atoms with van der Waals surface area (Å²) in [4.78, 5) is 11.6. The van der Waals surface area contributed by atoms with Gasteiger partial charge < -0.3 is 5.32 Å². The molecule has 82 valence electrons. The molecule has 1 unspecified atom stereocenters. The number of nitrogens with one attached hydrogen (secondary N) is 2. The lowest BCUT2D eigenvalue weighted by molar-refractivity contribution is -0.127. The van der Waals surface area contributed by atoms with Gasteiger partial charge in [-0.25, -0.2) is 0 Å². The maximum atomic E-state index is 11.6. The molecule has 1 aliphatic heterocycles. The van der Waals surface area contributed by atoms with E-state index in [1.165, 1.54) is 0 Å². The minimum atomic E-state index is -0.0244. The summed E-state index contributed by atoms with van der Waals surface area (Å²) >= 11 is 0. The minimum absolute atomic E-state index is 0.0244. The molecule has 3 nitrogen and oxygen atoms in total. The molecule has 2 N–H and O–H groups in total. The zero-order chi connectivity index (χ0) is 10.8. The van der Waals surface area contributed by atoms with Gasteiger partial charge in [0.2, 0.25) is 5.91 Å². The van der Waals surface area contributed by atoms with Gasteiger partial charge in [-0.1, -0.05) is 27.7 Å². The fourth-order valence-corrected chi connectivity index (χ4v) is 1.99. The van der Waals surface area contributed by atoms with E-state index in [1.54, 1.807) is 0 Å².